The Hall–Kier alpha value is -3.09. The highest BCUT2D eigenvalue weighted by Gasteiger charge is 2.21. The largest absolute Gasteiger partial charge is 0.506 e. The normalized spacial score (nSPS) is 10.9. The lowest BCUT2D eigenvalue weighted by molar-refractivity contribution is 0.102. The van der Waals surface area contributed by atoms with E-state index >= 15 is 0 Å². The molecule has 23 heavy (non-hydrogen) atoms. The Morgan fingerprint density at radius 2 is 2.04 bits per heavy atom. The van der Waals surface area contributed by atoms with E-state index in [9.17, 15) is 14.7 Å². The van der Waals surface area contributed by atoms with Gasteiger partial charge in [0.05, 0.1) is 11.6 Å². The molecule has 0 unspecified atom stereocenters. The third-order valence-electron chi connectivity index (χ3n) is 3.88. The minimum absolute atomic E-state index is 0.317. The van der Waals surface area contributed by atoms with Gasteiger partial charge in [-0.2, -0.15) is 5.10 Å². The van der Waals surface area contributed by atoms with Crippen molar-refractivity contribution in [2.75, 3.05) is 5.32 Å². The minimum Gasteiger partial charge on any atom is -0.506 e. The van der Waals surface area contributed by atoms with E-state index in [1.165, 1.54) is 10.9 Å². The molecule has 0 aliphatic heterocycles. The predicted octanol–water partition coefficient (Wildman–Crippen LogP) is 1.84. The van der Waals surface area contributed by atoms with E-state index in [4.69, 9.17) is 0 Å². The number of pyridine rings is 1. The van der Waals surface area contributed by atoms with Gasteiger partial charge >= 0.3 is 0 Å². The van der Waals surface area contributed by atoms with Gasteiger partial charge in [0, 0.05) is 12.7 Å². The fraction of sp³-hybridized carbons (Fsp3) is 0.188. The number of nitrogens with zero attached hydrogens (tertiary/aromatic N) is 2. The van der Waals surface area contributed by atoms with Crippen LogP contribution in [0.15, 0.2) is 29.2 Å². The summed E-state index contributed by atoms with van der Waals surface area (Å²) in [4.78, 5) is 27.1. The molecule has 0 radical (unpaired) electrons. The lowest BCUT2D eigenvalue weighted by atomic mass is 10.1. The number of amides is 1. The van der Waals surface area contributed by atoms with Gasteiger partial charge in [-0.1, -0.05) is 6.07 Å². The number of hydrogen-bond acceptors (Lipinski definition) is 4. The number of aromatic nitrogens is 3. The first-order chi connectivity index (χ1) is 10.9. The average molecular weight is 312 g/mol. The number of nitrogens with one attached hydrogen (secondary N) is 2. The van der Waals surface area contributed by atoms with Crippen LogP contribution in [0.5, 0.6) is 5.75 Å². The number of aromatic amines is 1. The second-order valence-electron chi connectivity index (χ2n) is 5.46. The number of rotatable bonds is 2. The maximum absolute atomic E-state index is 12.4. The molecule has 7 heteroatoms. The first-order valence-corrected chi connectivity index (χ1v) is 7.04. The second-order valence-corrected chi connectivity index (χ2v) is 5.46. The molecule has 2 aromatic heterocycles. The van der Waals surface area contributed by atoms with Crippen LogP contribution in [0.4, 0.5) is 5.69 Å². The fourth-order valence-corrected chi connectivity index (χ4v) is 2.39. The van der Waals surface area contributed by atoms with Crippen molar-refractivity contribution in [3.05, 3.63) is 51.4 Å². The molecule has 0 saturated carbocycles. The summed E-state index contributed by atoms with van der Waals surface area (Å²) in [6, 6.07) is 5.43. The molecule has 3 rings (SSSR count). The Kier molecular flexibility index (Phi) is 3.40. The van der Waals surface area contributed by atoms with Crippen molar-refractivity contribution in [2.24, 2.45) is 7.05 Å². The number of carbonyl (C=O) groups excluding carboxylic acids is 1. The molecule has 1 amide bonds. The molecule has 0 spiro atoms. The van der Waals surface area contributed by atoms with Crippen LogP contribution in [-0.4, -0.2) is 25.8 Å². The van der Waals surface area contributed by atoms with Crippen LogP contribution < -0.4 is 10.9 Å². The Balaban J connectivity index is 2.04. The van der Waals surface area contributed by atoms with Gasteiger partial charge in [-0.05, 0) is 37.1 Å². The van der Waals surface area contributed by atoms with Crippen molar-refractivity contribution in [3.8, 4) is 5.75 Å². The highest BCUT2D eigenvalue weighted by Crippen LogP contribution is 2.25. The zero-order chi connectivity index (χ0) is 16.7. The van der Waals surface area contributed by atoms with Gasteiger partial charge in [-0.25, -0.2) is 0 Å². The van der Waals surface area contributed by atoms with Gasteiger partial charge in [0.25, 0.3) is 11.5 Å². The molecule has 7 nitrogen and oxygen atoms in total. The predicted molar refractivity (Wildman–Crippen MR) is 86.9 cm³/mol. The molecule has 2 heterocycles. The van der Waals surface area contributed by atoms with E-state index < -0.39 is 11.5 Å². The lowest BCUT2D eigenvalue weighted by Gasteiger charge is -2.09. The minimum atomic E-state index is -0.669. The summed E-state index contributed by atoms with van der Waals surface area (Å²) < 4.78 is 1.42. The number of fused-ring (bicyclic) bond motifs is 1. The summed E-state index contributed by atoms with van der Waals surface area (Å²) in [6.45, 7) is 3.89. The molecule has 0 atom stereocenters. The maximum atomic E-state index is 12.4. The summed E-state index contributed by atoms with van der Waals surface area (Å²) >= 11 is 0. The van der Waals surface area contributed by atoms with Gasteiger partial charge in [0.15, 0.2) is 0 Å². The number of hydrogen-bond donors (Lipinski definition) is 3. The van der Waals surface area contributed by atoms with Crippen molar-refractivity contribution in [3.63, 3.8) is 0 Å². The number of anilines is 1. The highest BCUT2D eigenvalue weighted by molar-refractivity contribution is 6.08. The molecule has 0 saturated heterocycles. The number of aryl methyl sites for hydroxylation is 3. The Bertz CT molecular complexity index is 985. The quantitative estimate of drug-likeness (QED) is 0.672. The molecule has 0 aliphatic rings. The zero-order valence-electron chi connectivity index (χ0n) is 13.0. The molecule has 0 bridgehead atoms. The van der Waals surface area contributed by atoms with E-state index in [2.05, 4.69) is 15.4 Å². The Morgan fingerprint density at radius 1 is 1.30 bits per heavy atom. The van der Waals surface area contributed by atoms with Crippen LogP contribution in [0.25, 0.3) is 11.0 Å². The van der Waals surface area contributed by atoms with E-state index in [0.29, 0.717) is 16.7 Å². The molecule has 1 aromatic carbocycles. The SMILES string of the molecule is Cc1ccc(NC(=O)c2c(O)c3cnn(C)c3[nH]c2=O)cc1C. The summed E-state index contributed by atoms with van der Waals surface area (Å²) in [6.07, 6.45) is 1.40. The molecular formula is C16H16N4O3. The van der Waals surface area contributed by atoms with E-state index in [1.807, 2.05) is 19.9 Å². The zero-order valence-corrected chi connectivity index (χ0v) is 13.0. The van der Waals surface area contributed by atoms with Crippen LogP contribution in [-0.2, 0) is 7.05 Å². The van der Waals surface area contributed by atoms with Gasteiger partial charge in [-0.15, -0.1) is 0 Å². The average Bonchev–Trinajstić information content (AvgIpc) is 2.85. The van der Waals surface area contributed by atoms with E-state index in [-0.39, 0.29) is 11.3 Å². The summed E-state index contributed by atoms with van der Waals surface area (Å²) in [7, 11) is 1.63. The van der Waals surface area contributed by atoms with Crippen LogP contribution in [0.1, 0.15) is 21.5 Å². The van der Waals surface area contributed by atoms with Crippen molar-refractivity contribution in [1.29, 1.82) is 0 Å². The van der Waals surface area contributed by atoms with Crippen molar-refractivity contribution >= 4 is 22.6 Å². The second kappa shape index (κ2) is 5.28. The van der Waals surface area contributed by atoms with Crippen molar-refractivity contribution in [2.45, 2.75) is 13.8 Å². The number of aromatic hydroxyl groups is 1. The lowest BCUT2D eigenvalue weighted by Crippen LogP contribution is -2.23. The Labute approximate surface area is 131 Å². The van der Waals surface area contributed by atoms with Crippen molar-refractivity contribution in [1.82, 2.24) is 14.8 Å². The first kappa shape index (κ1) is 14.8. The molecule has 0 aliphatic carbocycles. The third-order valence-corrected chi connectivity index (χ3v) is 3.88. The van der Waals surface area contributed by atoms with Gasteiger partial charge < -0.3 is 15.4 Å². The highest BCUT2D eigenvalue weighted by atomic mass is 16.3. The van der Waals surface area contributed by atoms with Crippen LogP contribution in [0.2, 0.25) is 0 Å². The van der Waals surface area contributed by atoms with Crippen LogP contribution >= 0.6 is 0 Å². The summed E-state index contributed by atoms with van der Waals surface area (Å²) in [5, 5.41) is 17.2. The third kappa shape index (κ3) is 2.46. The topological polar surface area (TPSA) is 100 Å². The molecule has 118 valence electrons. The number of benzene rings is 1. The summed E-state index contributed by atoms with van der Waals surface area (Å²) in [5.74, 6) is -1.05. The molecule has 0 fully saturated rings. The number of carbonyl (C=O) groups is 1. The van der Waals surface area contributed by atoms with E-state index in [0.717, 1.165) is 11.1 Å². The summed E-state index contributed by atoms with van der Waals surface area (Å²) in [5.41, 5.74) is 2.03. The van der Waals surface area contributed by atoms with Gasteiger partial charge in [-0.3, -0.25) is 14.3 Å². The van der Waals surface area contributed by atoms with Crippen LogP contribution in [0.3, 0.4) is 0 Å². The molecular weight excluding hydrogens is 296 g/mol. The monoisotopic (exact) mass is 312 g/mol. The molecule has 3 aromatic rings. The van der Waals surface area contributed by atoms with Crippen LogP contribution in [0, 0.1) is 13.8 Å². The van der Waals surface area contributed by atoms with Gasteiger partial charge in [0.1, 0.15) is 17.0 Å². The first-order valence-electron chi connectivity index (χ1n) is 7.04. The standard InChI is InChI=1S/C16H16N4O3/c1-8-4-5-10(6-9(8)2)18-15(22)12-13(21)11-7-17-20(3)14(11)19-16(12)23/h4-7H,1-3H3,(H,18,22)(H2,19,21,23). The Morgan fingerprint density at radius 3 is 2.74 bits per heavy atom. The molecule has 3 N–H and O–H groups in total. The van der Waals surface area contributed by atoms with Crippen molar-refractivity contribution < 1.29 is 9.90 Å². The maximum Gasteiger partial charge on any atom is 0.266 e. The fourth-order valence-electron chi connectivity index (χ4n) is 2.39. The van der Waals surface area contributed by atoms with E-state index in [1.54, 1.807) is 19.2 Å². The smallest absolute Gasteiger partial charge is 0.266 e. The number of H-pyrrole nitrogens is 1. The van der Waals surface area contributed by atoms with Gasteiger partial charge in [0.2, 0.25) is 0 Å².